The van der Waals surface area contributed by atoms with Crippen molar-refractivity contribution in [2.24, 2.45) is 0 Å². The number of aliphatic hydroxyl groups is 1. The van der Waals surface area contributed by atoms with Gasteiger partial charge in [-0.15, -0.1) is 0 Å². The van der Waals surface area contributed by atoms with Crippen LogP contribution in [-0.2, 0) is 0 Å². The Labute approximate surface area is 111 Å². The number of anilines is 1. The van der Waals surface area contributed by atoms with Crippen molar-refractivity contribution in [3.05, 3.63) is 24.3 Å². The summed E-state index contributed by atoms with van der Waals surface area (Å²) in [6.07, 6.45) is 5.36. The molecule has 1 aliphatic rings. The van der Waals surface area contributed by atoms with Crippen LogP contribution in [0.25, 0.3) is 10.9 Å². The molecule has 1 fully saturated rings. The molecular weight excluding hydrogens is 244 g/mol. The molecule has 0 spiro atoms. The lowest BCUT2D eigenvalue weighted by atomic mass is 9.85. The second-order valence-electron chi connectivity index (χ2n) is 5.17. The molecule has 3 nitrogen and oxygen atoms in total. The Morgan fingerprint density at radius 1 is 1.22 bits per heavy atom. The zero-order chi connectivity index (χ0) is 12.4. The molecule has 0 radical (unpaired) electrons. The number of nitrogens with one attached hydrogen (secondary N) is 1. The molecule has 2 aromatic rings. The fourth-order valence-electron chi connectivity index (χ4n) is 2.65. The van der Waals surface area contributed by atoms with E-state index in [1.807, 2.05) is 18.2 Å². The first kappa shape index (κ1) is 11.9. The molecule has 1 aromatic heterocycles. The lowest BCUT2D eigenvalue weighted by Gasteiger charge is -2.32. The summed E-state index contributed by atoms with van der Waals surface area (Å²) in [4.78, 5) is 0. The van der Waals surface area contributed by atoms with Gasteiger partial charge in [-0.25, -0.2) is 0 Å². The van der Waals surface area contributed by atoms with Crippen molar-refractivity contribution in [1.29, 1.82) is 0 Å². The molecule has 0 unspecified atom stereocenters. The van der Waals surface area contributed by atoms with Crippen molar-refractivity contribution in [2.45, 2.75) is 37.7 Å². The van der Waals surface area contributed by atoms with Gasteiger partial charge in [0.25, 0.3) is 0 Å². The summed E-state index contributed by atoms with van der Waals surface area (Å²) in [6, 6.07) is 8.12. The fraction of sp³-hybridized carbons (Fsp3) is 0.500. The Morgan fingerprint density at radius 3 is 2.83 bits per heavy atom. The normalized spacial score (nSPS) is 18.9. The summed E-state index contributed by atoms with van der Waals surface area (Å²) >= 11 is 1.48. The third kappa shape index (κ3) is 2.35. The van der Waals surface area contributed by atoms with Crippen molar-refractivity contribution in [1.82, 2.24) is 4.37 Å². The van der Waals surface area contributed by atoms with Gasteiger partial charge in [0, 0.05) is 11.9 Å². The zero-order valence-electron chi connectivity index (χ0n) is 10.4. The van der Waals surface area contributed by atoms with Gasteiger partial charge in [-0.3, -0.25) is 0 Å². The Hall–Kier alpha value is -1.13. The minimum atomic E-state index is -0.524. The first-order valence-corrected chi connectivity index (χ1v) is 7.35. The predicted octanol–water partition coefficient (Wildman–Crippen LogP) is 3.40. The third-order valence-electron chi connectivity index (χ3n) is 3.75. The van der Waals surface area contributed by atoms with Crippen LogP contribution in [0.1, 0.15) is 32.1 Å². The topological polar surface area (TPSA) is 45.1 Å². The summed E-state index contributed by atoms with van der Waals surface area (Å²) in [5.74, 6) is 0. The number of hydrogen-bond acceptors (Lipinski definition) is 4. The number of fused-ring (bicyclic) bond motifs is 1. The van der Waals surface area contributed by atoms with Crippen LogP contribution in [0.15, 0.2) is 24.3 Å². The van der Waals surface area contributed by atoms with Crippen molar-refractivity contribution in [3.8, 4) is 0 Å². The van der Waals surface area contributed by atoms with E-state index in [0.29, 0.717) is 6.54 Å². The molecule has 1 aliphatic carbocycles. The van der Waals surface area contributed by atoms with Crippen LogP contribution in [0.3, 0.4) is 0 Å². The van der Waals surface area contributed by atoms with E-state index in [-0.39, 0.29) is 0 Å². The second kappa shape index (κ2) is 4.86. The quantitative estimate of drug-likeness (QED) is 0.891. The van der Waals surface area contributed by atoms with E-state index < -0.39 is 5.60 Å². The highest BCUT2D eigenvalue weighted by molar-refractivity contribution is 7.11. The van der Waals surface area contributed by atoms with Crippen LogP contribution in [0.4, 0.5) is 5.00 Å². The minimum Gasteiger partial charge on any atom is -0.388 e. The monoisotopic (exact) mass is 262 g/mol. The molecule has 96 valence electrons. The van der Waals surface area contributed by atoms with Crippen molar-refractivity contribution in [2.75, 3.05) is 11.9 Å². The zero-order valence-corrected chi connectivity index (χ0v) is 11.2. The average Bonchev–Trinajstić information content (AvgIpc) is 2.81. The molecule has 0 aliphatic heterocycles. The Balaban J connectivity index is 1.73. The van der Waals surface area contributed by atoms with Crippen molar-refractivity contribution in [3.63, 3.8) is 0 Å². The molecule has 0 saturated heterocycles. The van der Waals surface area contributed by atoms with Gasteiger partial charge >= 0.3 is 0 Å². The van der Waals surface area contributed by atoms with E-state index in [4.69, 9.17) is 0 Å². The summed E-state index contributed by atoms with van der Waals surface area (Å²) in [6.45, 7) is 0.638. The van der Waals surface area contributed by atoms with Gasteiger partial charge in [-0.05, 0) is 36.5 Å². The van der Waals surface area contributed by atoms with E-state index in [1.54, 1.807) is 0 Å². The summed E-state index contributed by atoms with van der Waals surface area (Å²) in [5.41, 5.74) is 0.504. The Bertz CT molecular complexity index is 531. The van der Waals surface area contributed by atoms with Crippen LogP contribution < -0.4 is 5.32 Å². The highest BCUT2D eigenvalue weighted by atomic mass is 32.1. The van der Waals surface area contributed by atoms with Crippen molar-refractivity contribution >= 4 is 27.4 Å². The van der Waals surface area contributed by atoms with Crippen LogP contribution in [0.5, 0.6) is 0 Å². The summed E-state index contributed by atoms with van der Waals surface area (Å²) < 4.78 is 4.40. The minimum absolute atomic E-state index is 0.524. The standard InChI is InChI=1S/C14H18N2OS/c17-14(8-4-1-5-9-14)10-15-13-11-6-2-3-7-12(11)16-18-13/h2-3,6-7,15,17H,1,4-5,8-10H2. The van der Waals surface area contributed by atoms with Gasteiger partial charge in [-0.2, -0.15) is 4.37 Å². The number of rotatable bonds is 3. The van der Waals surface area contributed by atoms with Gasteiger partial charge in [-0.1, -0.05) is 31.4 Å². The molecule has 18 heavy (non-hydrogen) atoms. The lowest BCUT2D eigenvalue weighted by molar-refractivity contribution is 0.0168. The van der Waals surface area contributed by atoms with Gasteiger partial charge < -0.3 is 10.4 Å². The van der Waals surface area contributed by atoms with E-state index in [1.165, 1.54) is 18.0 Å². The maximum atomic E-state index is 10.5. The SMILES string of the molecule is OC1(CNc2snc3ccccc23)CCCCC1. The van der Waals surface area contributed by atoms with E-state index in [2.05, 4.69) is 15.8 Å². The first-order valence-electron chi connectivity index (χ1n) is 6.58. The molecule has 1 aromatic carbocycles. The predicted molar refractivity (Wildman–Crippen MR) is 76.1 cm³/mol. The smallest absolute Gasteiger partial charge is 0.117 e. The number of hydrogen-bond donors (Lipinski definition) is 2. The number of aromatic nitrogens is 1. The van der Waals surface area contributed by atoms with Gasteiger partial charge in [0.1, 0.15) is 5.00 Å². The van der Waals surface area contributed by atoms with Crippen LogP contribution in [0, 0.1) is 0 Å². The molecule has 0 bridgehead atoms. The largest absolute Gasteiger partial charge is 0.388 e. The summed E-state index contributed by atoms with van der Waals surface area (Å²) in [7, 11) is 0. The highest BCUT2D eigenvalue weighted by Gasteiger charge is 2.29. The van der Waals surface area contributed by atoms with Crippen LogP contribution >= 0.6 is 11.5 Å². The molecule has 1 saturated carbocycles. The Kier molecular flexibility index (Phi) is 3.22. The van der Waals surface area contributed by atoms with E-state index >= 15 is 0 Å². The van der Waals surface area contributed by atoms with Crippen LogP contribution in [-0.4, -0.2) is 21.6 Å². The van der Waals surface area contributed by atoms with Gasteiger partial charge in [0.2, 0.25) is 0 Å². The number of nitrogens with zero attached hydrogens (tertiary/aromatic N) is 1. The number of benzene rings is 1. The molecule has 2 N–H and O–H groups in total. The molecule has 4 heteroatoms. The Morgan fingerprint density at radius 2 is 2.00 bits per heavy atom. The summed E-state index contributed by atoms with van der Waals surface area (Å²) in [5, 5.41) is 16.1. The lowest BCUT2D eigenvalue weighted by Crippen LogP contribution is -2.38. The maximum Gasteiger partial charge on any atom is 0.117 e. The average molecular weight is 262 g/mol. The molecular formula is C14H18N2OS. The van der Waals surface area contributed by atoms with Gasteiger partial charge in [0.15, 0.2) is 0 Å². The van der Waals surface area contributed by atoms with E-state index in [0.717, 1.165) is 41.6 Å². The molecule has 0 amide bonds. The molecule has 1 heterocycles. The van der Waals surface area contributed by atoms with Gasteiger partial charge in [0.05, 0.1) is 11.1 Å². The molecule has 3 rings (SSSR count). The first-order chi connectivity index (χ1) is 8.77. The second-order valence-corrected chi connectivity index (χ2v) is 5.94. The third-order valence-corrected chi connectivity index (χ3v) is 4.58. The highest BCUT2D eigenvalue weighted by Crippen LogP contribution is 2.31. The molecule has 0 atom stereocenters. The van der Waals surface area contributed by atoms with Crippen LogP contribution in [0.2, 0.25) is 0 Å². The maximum absolute atomic E-state index is 10.5. The van der Waals surface area contributed by atoms with Crippen molar-refractivity contribution < 1.29 is 5.11 Å². The fourth-order valence-corrected chi connectivity index (χ4v) is 3.40. The van der Waals surface area contributed by atoms with E-state index in [9.17, 15) is 5.11 Å².